The molecule has 1 aromatic heterocycles. The number of thiazole rings is 1. The van der Waals surface area contributed by atoms with E-state index in [4.69, 9.17) is 0 Å². The molecule has 0 aliphatic carbocycles. The van der Waals surface area contributed by atoms with Gasteiger partial charge in [0.15, 0.2) is 5.96 Å². The Morgan fingerprint density at radius 3 is 2.44 bits per heavy atom. The van der Waals surface area contributed by atoms with Crippen LogP contribution in [-0.4, -0.2) is 56.1 Å². The fourth-order valence-corrected chi connectivity index (χ4v) is 4.40. The van der Waals surface area contributed by atoms with Gasteiger partial charge in [0.2, 0.25) is 10.0 Å². The lowest BCUT2D eigenvalue weighted by atomic mass is 10.2. The Kier molecular flexibility index (Phi) is 11.8. The van der Waals surface area contributed by atoms with Crippen molar-refractivity contribution in [3.8, 4) is 0 Å². The number of nitrogens with one attached hydrogen (secondary N) is 2. The molecule has 2 N–H and O–H groups in total. The third-order valence-electron chi connectivity index (χ3n) is 3.54. The lowest BCUT2D eigenvalue weighted by Crippen LogP contribution is -2.41. The molecule has 1 rings (SSSR count). The van der Waals surface area contributed by atoms with E-state index in [0.717, 1.165) is 10.7 Å². The van der Waals surface area contributed by atoms with Crippen molar-refractivity contribution >= 4 is 51.3 Å². The maximum Gasteiger partial charge on any atom is 0.215 e. The molecule has 0 unspecified atom stereocenters. The molecule has 0 bridgehead atoms. The highest BCUT2D eigenvalue weighted by Gasteiger charge is 2.18. The molecule has 0 amide bonds. The van der Waals surface area contributed by atoms with Crippen molar-refractivity contribution in [2.75, 3.05) is 32.4 Å². The summed E-state index contributed by atoms with van der Waals surface area (Å²) < 4.78 is 25.7. The molecule has 1 aromatic rings. The normalized spacial score (nSPS) is 12.4. The van der Waals surface area contributed by atoms with Crippen LogP contribution < -0.4 is 10.6 Å². The second kappa shape index (κ2) is 12.0. The van der Waals surface area contributed by atoms with E-state index in [1.54, 1.807) is 18.4 Å². The predicted octanol–water partition coefficient (Wildman–Crippen LogP) is 2.22. The van der Waals surface area contributed by atoms with E-state index in [-0.39, 0.29) is 29.7 Å². The van der Waals surface area contributed by atoms with Gasteiger partial charge in [-0.3, -0.25) is 4.99 Å². The first-order valence-electron chi connectivity index (χ1n) is 8.20. The summed E-state index contributed by atoms with van der Waals surface area (Å²) in [4.78, 5) is 8.66. The van der Waals surface area contributed by atoms with Crippen molar-refractivity contribution in [3.63, 3.8) is 0 Å². The van der Waals surface area contributed by atoms with Gasteiger partial charge in [0.25, 0.3) is 0 Å². The van der Waals surface area contributed by atoms with Crippen molar-refractivity contribution < 1.29 is 8.42 Å². The van der Waals surface area contributed by atoms with E-state index < -0.39 is 10.0 Å². The predicted molar refractivity (Wildman–Crippen MR) is 117 cm³/mol. The van der Waals surface area contributed by atoms with Gasteiger partial charge >= 0.3 is 0 Å². The van der Waals surface area contributed by atoms with Gasteiger partial charge in [-0.2, -0.15) is 0 Å². The number of guanidine groups is 1. The first-order chi connectivity index (χ1) is 11.3. The molecule has 25 heavy (non-hydrogen) atoms. The molecule has 0 saturated carbocycles. The third-order valence-corrected chi connectivity index (χ3v) is 6.43. The standard InChI is InChI=1S/C15H29N5O2S2.HI/c1-6-20(7-2)24(21,22)9-8-17-15(16-5)18-10-14-19-13(11-23-14)12(3)4;/h11-12H,6-10H2,1-5H3,(H2,16,17,18);1H. The summed E-state index contributed by atoms with van der Waals surface area (Å²) in [6.45, 7) is 9.78. The van der Waals surface area contributed by atoms with Crippen molar-refractivity contribution in [2.24, 2.45) is 4.99 Å². The summed E-state index contributed by atoms with van der Waals surface area (Å²) in [7, 11) is -1.56. The molecule has 0 aromatic carbocycles. The van der Waals surface area contributed by atoms with Crippen LogP contribution in [0.4, 0.5) is 0 Å². The molecule has 7 nitrogen and oxygen atoms in total. The first kappa shape index (κ1) is 24.5. The van der Waals surface area contributed by atoms with Crippen LogP contribution in [-0.2, 0) is 16.6 Å². The summed E-state index contributed by atoms with van der Waals surface area (Å²) in [5.41, 5.74) is 1.09. The summed E-state index contributed by atoms with van der Waals surface area (Å²) in [6, 6.07) is 0. The Hall–Kier alpha value is -0.460. The zero-order valence-electron chi connectivity index (χ0n) is 15.6. The van der Waals surface area contributed by atoms with Crippen molar-refractivity contribution in [2.45, 2.75) is 40.2 Å². The van der Waals surface area contributed by atoms with Crippen LogP contribution >= 0.6 is 35.3 Å². The molecule has 0 fully saturated rings. The molecule has 0 aliphatic heterocycles. The average molecular weight is 503 g/mol. The summed E-state index contributed by atoms with van der Waals surface area (Å²) in [5.74, 6) is 1.04. The number of sulfonamides is 1. The van der Waals surface area contributed by atoms with Crippen LogP contribution in [0.25, 0.3) is 0 Å². The molecule has 0 atom stereocenters. The highest BCUT2D eigenvalue weighted by atomic mass is 127. The first-order valence-corrected chi connectivity index (χ1v) is 10.7. The van der Waals surface area contributed by atoms with Crippen molar-refractivity contribution in [3.05, 3.63) is 16.1 Å². The van der Waals surface area contributed by atoms with E-state index in [0.29, 0.717) is 38.1 Å². The molecule has 0 aliphatic rings. The highest BCUT2D eigenvalue weighted by molar-refractivity contribution is 14.0. The summed E-state index contributed by atoms with van der Waals surface area (Å²) in [6.07, 6.45) is 0. The molecule has 146 valence electrons. The highest BCUT2D eigenvalue weighted by Crippen LogP contribution is 2.17. The Morgan fingerprint density at radius 2 is 1.96 bits per heavy atom. The second-order valence-electron chi connectivity index (χ2n) is 5.57. The number of rotatable bonds is 9. The molecular weight excluding hydrogens is 473 g/mol. The van der Waals surface area contributed by atoms with Crippen LogP contribution in [0.15, 0.2) is 10.4 Å². The van der Waals surface area contributed by atoms with E-state index in [1.807, 2.05) is 13.8 Å². The molecular formula is C15H30IN5O2S2. The van der Waals surface area contributed by atoms with Crippen LogP contribution in [0.2, 0.25) is 0 Å². The van der Waals surface area contributed by atoms with Gasteiger partial charge in [-0.25, -0.2) is 17.7 Å². The minimum Gasteiger partial charge on any atom is -0.355 e. The van der Waals surface area contributed by atoms with E-state index >= 15 is 0 Å². The summed E-state index contributed by atoms with van der Waals surface area (Å²) in [5, 5.41) is 9.25. The van der Waals surface area contributed by atoms with Gasteiger partial charge in [-0.15, -0.1) is 35.3 Å². The van der Waals surface area contributed by atoms with Gasteiger partial charge in [0.05, 0.1) is 18.0 Å². The number of nitrogens with zero attached hydrogens (tertiary/aromatic N) is 3. The van der Waals surface area contributed by atoms with Crippen LogP contribution in [0.5, 0.6) is 0 Å². The fraction of sp³-hybridized carbons (Fsp3) is 0.733. The number of hydrogen-bond acceptors (Lipinski definition) is 5. The lowest BCUT2D eigenvalue weighted by Gasteiger charge is -2.19. The number of halogens is 1. The van der Waals surface area contributed by atoms with Crippen molar-refractivity contribution in [1.29, 1.82) is 0 Å². The Labute approximate surface area is 172 Å². The fourth-order valence-electron chi connectivity index (χ4n) is 2.10. The van der Waals surface area contributed by atoms with E-state index in [1.165, 1.54) is 4.31 Å². The third kappa shape index (κ3) is 8.18. The lowest BCUT2D eigenvalue weighted by molar-refractivity contribution is 0.445. The molecule has 0 saturated heterocycles. The Bertz CT molecular complexity index is 628. The van der Waals surface area contributed by atoms with Gasteiger partial charge in [0.1, 0.15) is 5.01 Å². The smallest absolute Gasteiger partial charge is 0.215 e. The monoisotopic (exact) mass is 503 g/mol. The van der Waals surface area contributed by atoms with Gasteiger partial charge in [-0.1, -0.05) is 27.7 Å². The number of hydrogen-bond donors (Lipinski definition) is 2. The maximum atomic E-state index is 12.1. The minimum absolute atomic E-state index is 0. The van der Waals surface area contributed by atoms with Crippen molar-refractivity contribution in [1.82, 2.24) is 19.9 Å². The molecule has 0 spiro atoms. The minimum atomic E-state index is -3.22. The van der Waals surface area contributed by atoms with Crippen LogP contribution in [0.3, 0.4) is 0 Å². The topological polar surface area (TPSA) is 86.7 Å². The van der Waals surface area contributed by atoms with Gasteiger partial charge < -0.3 is 10.6 Å². The Balaban J connectivity index is 0.00000576. The number of aliphatic imine (C=N–C) groups is 1. The maximum absolute atomic E-state index is 12.1. The average Bonchev–Trinajstić information content (AvgIpc) is 3.00. The van der Waals surface area contributed by atoms with Gasteiger partial charge in [-0.05, 0) is 5.92 Å². The largest absolute Gasteiger partial charge is 0.355 e. The SMILES string of the molecule is CCN(CC)S(=O)(=O)CCNC(=NC)NCc1nc(C(C)C)cs1.I. The molecule has 0 radical (unpaired) electrons. The van der Waals surface area contributed by atoms with E-state index in [2.05, 4.69) is 39.8 Å². The van der Waals surface area contributed by atoms with E-state index in [9.17, 15) is 8.42 Å². The quantitative estimate of drug-likeness (QED) is 0.307. The zero-order valence-corrected chi connectivity index (χ0v) is 19.5. The summed E-state index contributed by atoms with van der Waals surface area (Å²) >= 11 is 1.61. The van der Waals surface area contributed by atoms with Crippen LogP contribution in [0.1, 0.15) is 44.3 Å². The van der Waals surface area contributed by atoms with Crippen LogP contribution in [0, 0.1) is 0 Å². The number of aromatic nitrogens is 1. The Morgan fingerprint density at radius 1 is 1.32 bits per heavy atom. The molecule has 10 heteroatoms. The van der Waals surface area contributed by atoms with Gasteiger partial charge in [0, 0.05) is 32.1 Å². The molecule has 1 heterocycles. The zero-order chi connectivity index (χ0) is 18.2. The second-order valence-corrected chi connectivity index (χ2v) is 8.60.